The van der Waals surface area contributed by atoms with E-state index in [1.165, 1.54) is 16.7 Å². The van der Waals surface area contributed by atoms with Gasteiger partial charge in [0.1, 0.15) is 0 Å². The minimum atomic E-state index is 0.120. The Morgan fingerprint density at radius 2 is 1.76 bits per heavy atom. The molecule has 0 bridgehead atoms. The van der Waals surface area contributed by atoms with Crippen molar-refractivity contribution in [2.45, 2.75) is 33.2 Å². The SMILES string of the molecule is CCCNC(c1cccc(C)c1C)c1cccc(Br)c1Cl. The lowest BCUT2D eigenvalue weighted by Gasteiger charge is -2.23. The Kier molecular flexibility index (Phi) is 5.86. The Balaban J connectivity index is 2.52. The van der Waals surface area contributed by atoms with E-state index in [9.17, 15) is 0 Å². The normalized spacial score (nSPS) is 12.4. The Hall–Kier alpha value is -0.830. The molecule has 1 N–H and O–H groups in total. The zero-order chi connectivity index (χ0) is 15.4. The van der Waals surface area contributed by atoms with Crippen LogP contribution in [-0.4, -0.2) is 6.54 Å². The number of rotatable bonds is 5. The van der Waals surface area contributed by atoms with Crippen LogP contribution in [0.15, 0.2) is 40.9 Å². The fraction of sp³-hybridized carbons (Fsp3) is 0.333. The predicted octanol–water partition coefficient (Wildman–Crippen LogP) is 5.81. The van der Waals surface area contributed by atoms with Gasteiger partial charge < -0.3 is 5.32 Å². The first-order valence-electron chi connectivity index (χ1n) is 7.29. The molecule has 0 heterocycles. The maximum atomic E-state index is 6.52. The van der Waals surface area contributed by atoms with Gasteiger partial charge in [-0.1, -0.05) is 48.9 Å². The highest BCUT2D eigenvalue weighted by Gasteiger charge is 2.19. The molecule has 0 aliphatic rings. The summed E-state index contributed by atoms with van der Waals surface area (Å²) in [5.41, 5.74) is 5.04. The third-order valence-electron chi connectivity index (χ3n) is 3.85. The lowest BCUT2D eigenvalue weighted by Crippen LogP contribution is -2.24. The van der Waals surface area contributed by atoms with E-state index in [0.29, 0.717) is 0 Å². The van der Waals surface area contributed by atoms with Gasteiger partial charge in [0, 0.05) is 4.47 Å². The van der Waals surface area contributed by atoms with Gasteiger partial charge in [-0.25, -0.2) is 0 Å². The Labute approximate surface area is 140 Å². The van der Waals surface area contributed by atoms with Crippen molar-refractivity contribution >= 4 is 27.5 Å². The van der Waals surface area contributed by atoms with Gasteiger partial charge in [-0.05, 0) is 71.1 Å². The van der Waals surface area contributed by atoms with E-state index >= 15 is 0 Å². The van der Waals surface area contributed by atoms with Gasteiger partial charge in [0.25, 0.3) is 0 Å². The molecular formula is C18H21BrClN. The van der Waals surface area contributed by atoms with Gasteiger partial charge in [-0.2, -0.15) is 0 Å². The first-order chi connectivity index (χ1) is 10.1. The standard InChI is InChI=1S/C18H21BrClN/c1-4-11-21-18(14-8-5-7-12(2)13(14)3)15-9-6-10-16(19)17(15)20/h5-10,18,21H,4,11H2,1-3H3. The van der Waals surface area contributed by atoms with Crippen molar-refractivity contribution in [1.29, 1.82) is 0 Å². The molecule has 0 aromatic heterocycles. The smallest absolute Gasteiger partial charge is 0.0599 e. The maximum Gasteiger partial charge on any atom is 0.0599 e. The molecule has 0 radical (unpaired) electrons. The van der Waals surface area contributed by atoms with Gasteiger partial charge in [-0.3, -0.25) is 0 Å². The molecule has 0 aliphatic heterocycles. The largest absolute Gasteiger partial charge is 0.306 e. The minimum Gasteiger partial charge on any atom is -0.306 e. The molecule has 1 nitrogen and oxygen atoms in total. The van der Waals surface area contributed by atoms with Crippen molar-refractivity contribution in [2.24, 2.45) is 0 Å². The van der Waals surface area contributed by atoms with E-state index in [4.69, 9.17) is 11.6 Å². The molecule has 0 amide bonds. The number of aryl methyl sites for hydroxylation is 1. The average Bonchev–Trinajstić information content (AvgIpc) is 2.47. The van der Waals surface area contributed by atoms with E-state index < -0.39 is 0 Å². The summed E-state index contributed by atoms with van der Waals surface area (Å²) in [6.45, 7) is 7.46. The molecule has 2 aromatic rings. The van der Waals surface area contributed by atoms with Crippen molar-refractivity contribution in [3.05, 3.63) is 68.1 Å². The summed E-state index contributed by atoms with van der Waals surface area (Å²) >= 11 is 10.1. The molecule has 21 heavy (non-hydrogen) atoms. The van der Waals surface area contributed by atoms with Gasteiger partial charge >= 0.3 is 0 Å². The molecule has 0 aliphatic carbocycles. The highest BCUT2D eigenvalue weighted by Crippen LogP contribution is 2.35. The highest BCUT2D eigenvalue weighted by atomic mass is 79.9. The van der Waals surface area contributed by atoms with Crippen LogP contribution in [0.25, 0.3) is 0 Å². The number of halogens is 2. The number of hydrogen-bond acceptors (Lipinski definition) is 1. The quantitative estimate of drug-likeness (QED) is 0.704. The third-order valence-corrected chi connectivity index (χ3v) is 5.16. The van der Waals surface area contributed by atoms with Crippen molar-refractivity contribution < 1.29 is 0 Å². The lowest BCUT2D eigenvalue weighted by molar-refractivity contribution is 0.596. The van der Waals surface area contributed by atoms with Crippen molar-refractivity contribution in [1.82, 2.24) is 5.32 Å². The van der Waals surface area contributed by atoms with Gasteiger partial charge in [0.15, 0.2) is 0 Å². The van der Waals surface area contributed by atoms with Crippen LogP contribution in [0.2, 0.25) is 5.02 Å². The molecule has 112 valence electrons. The van der Waals surface area contributed by atoms with Gasteiger partial charge in [-0.15, -0.1) is 0 Å². The predicted molar refractivity (Wildman–Crippen MR) is 95.2 cm³/mol. The number of hydrogen-bond donors (Lipinski definition) is 1. The van der Waals surface area contributed by atoms with Crippen molar-refractivity contribution in [3.63, 3.8) is 0 Å². The summed E-state index contributed by atoms with van der Waals surface area (Å²) in [6, 6.07) is 12.7. The molecule has 0 fully saturated rings. The van der Waals surface area contributed by atoms with Crippen molar-refractivity contribution in [2.75, 3.05) is 6.54 Å². The van der Waals surface area contributed by atoms with Gasteiger partial charge in [0.05, 0.1) is 11.1 Å². The van der Waals surface area contributed by atoms with Crippen LogP contribution in [0, 0.1) is 13.8 Å². The number of nitrogens with one attached hydrogen (secondary N) is 1. The monoisotopic (exact) mass is 365 g/mol. The summed E-state index contributed by atoms with van der Waals surface area (Å²) in [6.07, 6.45) is 1.09. The fourth-order valence-electron chi connectivity index (χ4n) is 2.51. The Bertz CT molecular complexity index is 573. The average molecular weight is 367 g/mol. The van der Waals surface area contributed by atoms with E-state index in [1.807, 2.05) is 12.1 Å². The van der Waals surface area contributed by atoms with Crippen LogP contribution in [0.4, 0.5) is 0 Å². The van der Waals surface area contributed by atoms with Crippen LogP contribution in [-0.2, 0) is 0 Å². The van der Waals surface area contributed by atoms with E-state index in [1.54, 1.807) is 0 Å². The summed E-state index contributed by atoms with van der Waals surface area (Å²) in [5, 5.41) is 4.42. The highest BCUT2D eigenvalue weighted by molar-refractivity contribution is 9.10. The molecule has 0 saturated carbocycles. The molecule has 0 spiro atoms. The molecule has 1 unspecified atom stereocenters. The summed E-state index contributed by atoms with van der Waals surface area (Å²) in [5.74, 6) is 0. The van der Waals surface area contributed by atoms with Crippen molar-refractivity contribution in [3.8, 4) is 0 Å². The second kappa shape index (κ2) is 7.44. The molecule has 2 aromatic carbocycles. The second-order valence-electron chi connectivity index (χ2n) is 5.32. The summed E-state index contributed by atoms with van der Waals surface area (Å²) in [4.78, 5) is 0. The van der Waals surface area contributed by atoms with E-state index in [-0.39, 0.29) is 6.04 Å². The molecule has 2 rings (SSSR count). The Morgan fingerprint density at radius 3 is 2.48 bits per heavy atom. The summed E-state index contributed by atoms with van der Waals surface area (Å²) in [7, 11) is 0. The van der Waals surface area contributed by atoms with E-state index in [2.05, 4.69) is 66.3 Å². The van der Waals surface area contributed by atoms with Gasteiger partial charge in [0.2, 0.25) is 0 Å². The molecular weight excluding hydrogens is 346 g/mol. The Morgan fingerprint density at radius 1 is 1.10 bits per heavy atom. The van der Waals surface area contributed by atoms with Crippen LogP contribution < -0.4 is 5.32 Å². The van der Waals surface area contributed by atoms with Crippen LogP contribution in [0.1, 0.15) is 41.6 Å². The minimum absolute atomic E-state index is 0.120. The van der Waals surface area contributed by atoms with E-state index in [0.717, 1.165) is 28.0 Å². The fourth-order valence-corrected chi connectivity index (χ4v) is 3.12. The number of benzene rings is 2. The first-order valence-corrected chi connectivity index (χ1v) is 8.46. The zero-order valence-corrected chi connectivity index (χ0v) is 15.1. The topological polar surface area (TPSA) is 12.0 Å². The molecule has 0 saturated heterocycles. The summed E-state index contributed by atoms with van der Waals surface area (Å²) < 4.78 is 0.940. The molecule has 3 heteroatoms. The third kappa shape index (κ3) is 3.68. The zero-order valence-electron chi connectivity index (χ0n) is 12.7. The second-order valence-corrected chi connectivity index (χ2v) is 6.55. The first kappa shape index (κ1) is 16.5. The van der Waals surface area contributed by atoms with Crippen LogP contribution in [0.3, 0.4) is 0 Å². The molecule has 1 atom stereocenters. The van der Waals surface area contributed by atoms with Crippen LogP contribution >= 0.6 is 27.5 Å². The van der Waals surface area contributed by atoms with Crippen LogP contribution in [0.5, 0.6) is 0 Å². The maximum absolute atomic E-state index is 6.52. The lowest BCUT2D eigenvalue weighted by atomic mass is 9.92.